The molecule has 0 aromatic rings. The van der Waals surface area contributed by atoms with Gasteiger partial charge in [-0.15, -0.1) is 0 Å². The minimum atomic E-state index is -0.635. The molecule has 104 valence electrons. The van der Waals surface area contributed by atoms with E-state index >= 15 is 0 Å². The highest BCUT2D eigenvalue weighted by molar-refractivity contribution is 5.70. The van der Waals surface area contributed by atoms with Gasteiger partial charge in [-0.2, -0.15) is 0 Å². The number of nitrogens with zero attached hydrogens (tertiary/aromatic N) is 2. The third-order valence-corrected chi connectivity index (χ3v) is 4.18. The first-order valence-corrected chi connectivity index (χ1v) is 6.89. The van der Waals surface area contributed by atoms with Crippen LogP contribution in [0.3, 0.4) is 0 Å². The van der Waals surface area contributed by atoms with E-state index in [4.69, 9.17) is 9.84 Å². The van der Waals surface area contributed by atoms with E-state index < -0.39 is 5.97 Å². The van der Waals surface area contributed by atoms with Gasteiger partial charge in [-0.25, -0.2) is 0 Å². The molecule has 0 aliphatic carbocycles. The van der Waals surface area contributed by atoms with Crippen LogP contribution in [0, 0.1) is 5.92 Å². The Labute approximate surface area is 109 Å². The van der Waals surface area contributed by atoms with Crippen molar-refractivity contribution in [2.45, 2.75) is 25.3 Å². The molecule has 0 saturated carbocycles. The predicted molar refractivity (Wildman–Crippen MR) is 68.7 cm³/mol. The van der Waals surface area contributed by atoms with Crippen LogP contribution in [0.2, 0.25) is 0 Å². The maximum absolute atomic E-state index is 11.0. The third-order valence-electron chi connectivity index (χ3n) is 4.18. The molecule has 1 N–H and O–H groups in total. The zero-order valence-corrected chi connectivity index (χ0v) is 11.2. The fourth-order valence-corrected chi connectivity index (χ4v) is 3.07. The highest BCUT2D eigenvalue weighted by atomic mass is 16.5. The van der Waals surface area contributed by atoms with E-state index in [0.717, 1.165) is 45.8 Å². The van der Waals surface area contributed by atoms with Crippen molar-refractivity contribution in [2.75, 3.05) is 46.4 Å². The molecule has 2 rings (SSSR count). The molecule has 18 heavy (non-hydrogen) atoms. The zero-order valence-electron chi connectivity index (χ0n) is 11.2. The van der Waals surface area contributed by atoms with Crippen LogP contribution in [0.25, 0.3) is 0 Å². The van der Waals surface area contributed by atoms with E-state index in [1.165, 1.54) is 12.8 Å². The number of methoxy groups -OCH3 is 1. The summed E-state index contributed by atoms with van der Waals surface area (Å²) in [5.41, 5.74) is 0. The highest BCUT2D eigenvalue weighted by Gasteiger charge is 2.33. The summed E-state index contributed by atoms with van der Waals surface area (Å²) in [5.74, 6) is -0.788. The molecular formula is C13H24N2O3. The lowest BCUT2D eigenvalue weighted by atomic mass is 10.0. The lowest BCUT2D eigenvalue weighted by molar-refractivity contribution is -0.141. The number of hydrogen-bond acceptors (Lipinski definition) is 4. The highest BCUT2D eigenvalue weighted by Crippen LogP contribution is 2.23. The van der Waals surface area contributed by atoms with E-state index in [1.807, 2.05) is 0 Å². The van der Waals surface area contributed by atoms with Gasteiger partial charge in [-0.1, -0.05) is 0 Å². The second-order valence-corrected chi connectivity index (χ2v) is 5.41. The quantitative estimate of drug-likeness (QED) is 0.776. The fourth-order valence-electron chi connectivity index (χ4n) is 3.07. The first kappa shape index (κ1) is 13.8. The van der Waals surface area contributed by atoms with Crippen molar-refractivity contribution in [1.82, 2.24) is 9.80 Å². The van der Waals surface area contributed by atoms with Crippen LogP contribution in [0.4, 0.5) is 0 Å². The number of aliphatic carboxylic acids is 1. The Morgan fingerprint density at radius 1 is 1.33 bits per heavy atom. The van der Waals surface area contributed by atoms with Gasteiger partial charge >= 0.3 is 5.97 Å². The summed E-state index contributed by atoms with van der Waals surface area (Å²) < 4.78 is 5.12. The SMILES string of the molecule is COCCN1CCCC(N2CCC(C(=O)O)C2)C1. The molecule has 5 nitrogen and oxygen atoms in total. The molecule has 2 heterocycles. The number of carboxylic acids is 1. The van der Waals surface area contributed by atoms with Crippen molar-refractivity contribution in [1.29, 1.82) is 0 Å². The first-order valence-electron chi connectivity index (χ1n) is 6.89. The van der Waals surface area contributed by atoms with Crippen LogP contribution in [-0.4, -0.2) is 73.4 Å². The van der Waals surface area contributed by atoms with Gasteiger partial charge < -0.3 is 9.84 Å². The Kier molecular flexibility index (Phi) is 4.97. The van der Waals surface area contributed by atoms with Crippen molar-refractivity contribution in [3.63, 3.8) is 0 Å². The molecule has 0 bridgehead atoms. The van der Waals surface area contributed by atoms with Gasteiger partial charge in [0.05, 0.1) is 12.5 Å². The summed E-state index contributed by atoms with van der Waals surface area (Å²) in [6.07, 6.45) is 3.22. The standard InChI is InChI=1S/C13H24N2O3/c1-18-8-7-14-5-2-3-12(10-14)15-6-4-11(9-15)13(16)17/h11-12H,2-10H2,1H3,(H,16,17). The van der Waals surface area contributed by atoms with Crippen molar-refractivity contribution >= 4 is 5.97 Å². The van der Waals surface area contributed by atoms with E-state index in [2.05, 4.69) is 9.80 Å². The van der Waals surface area contributed by atoms with Gasteiger partial charge in [0.15, 0.2) is 0 Å². The Morgan fingerprint density at radius 3 is 2.83 bits per heavy atom. The molecule has 2 atom stereocenters. The third kappa shape index (κ3) is 3.43. The Bertz CT molecular complexity index is 285. The molecule has 5 heteroatoms. The number of hydrogen-bond donors (Lipinski definition) is 1. The van der Waals surface area contributed by atoms with E-state index in [1.54, 1.807) is 7.11 Å². The smallest absolute Gasteiger partial charge is 0.307 e. The molecule has 2 aliphatic rings. The minimum Gasteiger partial charge on any atom is -0.481 e. The first-order chi connectivity index (χ1) is 8.70. The van der Waals surface area contributed by atoms with E-state index in [0.29, 0.717) is 6.04 Å². The average Bonchev–Trinajstić information content (AvgIpc) is 2.86. The maximum atomic E-state index is 11.0. The van der Waals surface area contributed by atoms with Crippen LogP contribution in [0.5, 0.6) is 0 Å². The molecule has 2 saturated heterocycles. The normalized spacial score (nSPS) is 30.7. The average molecular weight is 256 g/mol. The lowest BCUT2D eigenvalue weighted by Crippen LogP contribution is -2.48. The van der Waals surface area contributed by atoms with E-state index in [-0.39, 0.29) is 5.92 Å². The summed E-state index contributed by atoms with van der Waals surface area (Å²) in [5, 5.41) is 9.04. The van der Waals surface area contributed by atoms with Crippen molar-refractivity contribution in [3.05, 3.63) is 0 Å². The molecule has 2 unspecified atom stereocenters. The maximum Gasteiger partial charge on any atom is 0.307 e. The van der Waals surface area contributed by atoms with Crippen molar-refractivity contribution in [3.8, 4) is 0 Å². The topological polar surface area (TPSA) is 53.0 Å². The molecule has 0 amide bonds. The number of carboxylic acid groups (broad SMARTS) is 1. The summed E-state index contributed by atoms with van der Waals surface area (Å²) >= 11 is 0. The Morgan fingerprint density at radius 2 is 2.17 bits per heavy atom. The molecule has 2 aliphatic heterocycles. The van der Waals surface area contributed by atoms with Crippen molar-refractivity contribution in [2.24, 2.45) is 5.92 Å². The minimum absolute atomic E-state index is 0.153. The summed E-state index contributed by atoms with van der Waals surface area (Å²) in [4.78, 5) is 15.8. The van der Waals surface area contributed by atoms with Gasteiger partial charge in [0.1, 0.15) is 0 Å². The number of rotatable bonds is 5. The monoisotopic (exact) mass is 256 g/mol. The van der Waals surface area contributed by atoms with Crippen LogP contribution < -0.4 is 0 Å². The van der Waals surface area contributed by atoms with Gasteiger partial charge in [0.2, 0.25) is 0 Å². The van der Waals surface area contributed by atoms with Crippen LogP contribution in [0.1, 0.15) is 19.3 Å². The van der Waals surface area contributed by atoms with Crippen LogP contribution >= 0.6 is 0 Å². The molecule has 0 radical (unpaired) electrons. The molecule has 0 spiro atoms. The Balaban J connectivity index is 1.80. The van der Waals surface area contributed by atoms with Gasteiger partial charge in [0, 0.05) is 32.8 Å². The summed E-state index contributed by atoms with van der Waals surface area (Å²) in [6.45, 7) is 5.66. The molecule has 0 aromatic heterocycles. The summed E-state index contributed by atoms with van der Waals surface area (Å²) in [6, 6.07) is 0.542. The largest absolute Gasteiger partial charge is 0.481 e. The second kappa shape index (κ2) is 6.50. The van der Waals surface area contributed by atoms with Gasteiger partial charge in [-0.05, 0) is 32.4 Å². The zero-order chi connectivity index (χ0) is 13.0. The van der Waals surface area contributed by atoms with Crippen molar-refractivity contribution < 1.29 is 14.6 Å². The van der Waals surface area contributed by atoms with E-state index in [9.17, 15) is 4.79 Å². The predicted octanol–water partition coefficient (Wildman–Crippen LogP) is 0.504. The molecule has 0 aromatic carbocycles. The lowest BCUT2D eigenvalue weighted by Gasteiger charge is -2.37. The number of likely N-dealkylation sites (tertiary alicyclic amines) is 2. The fraction of sp³-hybridized carbons (Fsp3) is 0.923. The number of ether oxygens (including phenoxy) is 1. The van der Waals surface area contributed by atoms with Gasteiger partial charge in [-0.3, -0.25) is 14.6 Å². The number of piperidine rings is 1. The van der Waals surface area contributed by atoms with Gasteiger partial charge in [0.25, 0.3) is 0 Å². The molecular weight excluding hydrogens is 232 g/mol. The Hall–Kier alpha value is -0.650. The second-order valence-electron chi connectivity index (χ2n) is 5.41. The summed E-state index contributed by atoms with van der Waals surface area (Å²) in [7, 11) is 1.74. The molecule has 2 fully saturated rings. The van der Waals surface area contributed by atoms with Crippen LogP contribution in [-0.2, 0) is 9.53 Å². The number of carbonyl (C=O) groups is 1. The van der Waals surface area contributed by atoms with Crippen LogP contribution in [0.15, 0.2) is 0 Å².